The first kappa shape index (κ1) is 18.0. The maximum atomic E-state index is 13.0. The van der Waals surface area contributed by atoms with Crippen LogP contribution in [0.15, 0.2) is 66.7 Å². The summed E-state index contributed by atoms with van der Waals surface area (Å²) in [5, 5.41) is 4.87. The highest BCUT2D eigenvalue weighted by molar-refractivity contribution is 6.07. The van der Waals surface area contributed by atoms with Crippen LogP contribution in [0.2, 0.25) is 0 Å². The van der Waals surface area contributed by atoms with Crippen molar-refractivity contribution < 1.29 is 18.7 Å². The van der Waals surface area contributed by atoms with Crippen molar-refractivity contribution in [3.63, 3.8) is 0 Å². The molecule has 6 heteroatoms. The van der Waals surface area contributed by atoms with Crippen molar-refractivity contribution in [3.05, 3.63) is 78.1 Å². The molecule has 0 aromatic heterocycles. The molecule has 0 bridgehead atoms. The van der Waals surface area contributed by atoms with E-state index in [0.29, 0.717) is 5.75 Å². The molecule has 1 heterocycles. The number of ether oxygens (including phenoxy) is 1. The summed E-state index contributed by atoms with van der Waals surface area (Å²) >= 11 is 0. The van der Waals surface area contributed by atoms with Gasteiger partial charge < -0.3 is 10.1 Å². The van der Waals surface area contributed by atoms with E-state index in [1.165, 1.54) is 24.3 Å². The summed E-state index contributed by atoms with van der Waals surface area (Å²) < 4.78 is 18.5. The number of carbonyl (C=O) groups excluding carboxylic acids is 2. The monoisotopic (exact) mass is 378 g/mol. The number of urea groups is 1. The highest BCUT2D eigenvalue weighted by Gasteiger charge is 2.48. The first-order valence-electron chi connectivity index (χ1n) is 8.99. The van der Waals surface area contributed by atoms with E-state index >= 15 is 0 Å². The second-order valence-corrected chi connectivity index (χ2v) is 6.88. The van der Waals surface area contributed by atoms with Gasteiger partial charge in [-0.05, 0) is 53.6 Å². The molecule has 0 aliphatic carbocycles. The molecule has 0 spiro atoms. The molecule has 3 aromatic carbocycles. The number of carbonyl (C=O) groups is 2. The first-order valence-corrected chi connectivity index (χ1v) is 8.99. The Kier molecular flexibility index (Phi) is 4.47. The summed E-state index contributed by atoms with van der Waals surface area (Å²) in [7, 11) is 0. The third-order valence-electron chi connectivity index (χ3n) is 5.00. The van der Waals surface area contributed by atoms with Crippen LogP contribution in [-0.2, 0) is 10.3 Å². The van der Waals surface area contributed by atoms with Crippen LogP contribution < -0.4 is 10.1 Å². The average molecular weight is 378 g/mol. The molecular weight excluding hydrogens is 359 g/mol. The van der Waals surface area contributed by atoms with Crippen molar-refractivity contribution in [1.29, 1.82) is 0 Å². The smallest absolute Gasteiger partial charge is 0.325 e. The van der Waals surface area contributed by atoms with Gasteiger partial charge in [0.05, 0.1) is 6.54 Å². The summed E-state index contributed by atoms with van der Waals surface area (Å²) in [6, 6.07) is 18.7. The van der Waals surface area contributed by atoms with Gasteiger partial charge in [0.25, 0.3) is 5.91 Å². The van der Waals surface area contributed by atoms with Gasteiger partial charge in [-0.25, -0.2) is 9.18 Å². The molecule has 142 valence electrons. The largest absolute Gasteiger partial charge is 0.492 e. The molecule has 5 nitrogen and oxygen atoms in total. The second-order valence-electron chi connectivity index (χ2n) is 6.88. The molecule has 1 unspecified atom stereocenters. The van der Waals surface area contributed by atoms with E-state index in [9.17, 15) is 14.0 Å². The quantitative estimate of drug-likeness (QED) is 0.687. The van der Waals surface area contributed by atoms with E-state index in [1.54, 1.807) is 6.92 Å². The Hall–Kier alpha value is -3.41. The molecule has 0 radical (unpaired) electrons. The van der Waals surface area contributed by atoms with Crippen LogP contribution in [0.3, 0.4) is 0 Å². The van der Waals surface area contributed by atoms with Crippen LogP contribution in [0.25, 0.3) is 10.8 Å². The van der Waals surface area contributed by atoms with Crippen molar-refractivity contribution in [1.82, 2.24) is 10.2 Å². The number of nitrogens with one attached hydrogen (secondary N) is 1. The Morgan fingerprint density at radius 2 is 1.71 bits per heavy atom. The van der Waals surface area contributed by atoms with Crippen molar-refractivity contribution in [2.24, 2.45) is 0 Å². The van der Waals surface area contributed by atoms with E-state index in [0.717, 1.165) is 21.2 Å². The zero-order valence-electron chi connectivity index (χ0n) is 15.3. The number of fused-ring (bicyclic) bond motifs is 1. The lowest BCUT2D eigenvalue weighted by Gasteiger charge is -2.22. The van der Waals surface area contributed by atoms with E-state index in [-0.39, 0.29) is 24.9 Å². The Bertz CT molecular complexity index is 1050. The summed E-state index contributed by atoms with van der Waals surface area (Å²) in [6.45, 7) is 1.93. The minimum atomic E-state index is -1.13. The summed E-state index contributed by atoms with van der Waals surface area (Å²) in [5.74, 6) is -0.200. The molecule has 3 amide bonds. The van der Waals surface area contributed by atoms with Gasteiger partial charge in [-0.1, -0.05) is 36.4 Å². The zero-order chi connectivity index (χ0) is 19.7. The van der Waals surface area contributed by atoms with Gasteiger partial charge in [0.1, 0.15) is 23.7 Å². The molecule has 1 fully saturated rings. The van der Waals surface area contributed by atoms with Gasteiger partial charge in [0.2, 0.25) is 0 Å². The molecule has 28 heavy (non-hydrogen) atoms. The van der Waals surface area contributed by atoms with Crippen LogP contribution in [0.5, 0.6) is 5.75 Å². The fourth-order valence-corrected chi connectivity index (χ4v) is 3.38. The Morgan fingerprint density at radius 1 is 1.00 bits per heavy atom. The number of imide groups is 1. The van der Waals surface area contributed by atoms with Gasteiger partial charge in [0.15, 0.2) is 0 Å². The summed E-state index contributed by atoms with van der Waals surface area (Å²) in [5.41, 5.74) is -0.400. The lowest BCUT2D eigenvalue weighted by Crippen LogP contribution is -2.41. The van der Waals surface area contributed by atoms with Gasteiger partial charge in [0, 0.05) is 0 Å². The Balaban J connectivity index is 1.49. The van der Waals surface area contributed by atoms with Gasteiger partial charge >= 0.3 is 6.03 Å². The fraction of sp³-hybridized carbons (Fsp3) is 0.182. The summed E-state index contributed by atoms with van der Waals surface area (Å²) in [4.78, 5) is 26.6. The lowest BCUT2D eigenvalue weighted by atomic mass is 9.90. The van der Waals surface area contributed by atoms with Crippen LogP contribution in [0.4, 0.5) is 9.18 Å². The lowest BCUT2D eigenvalue weighted by molar-refractivity contribution is -0.131. The van der Waals surface area contributed by atoms with Crippen LogP contribution in [-0.4, -0.2) is 30.0 Å². The van der Waals surface area contributed by atoms with Gasteiger partial charge in [-0.15, -0.1) is 0 Å². The molecule has 1 N–H and O–H groups in total. The van der Waals surface area contributed by atoms with E-state index < -0.39 is 11.6 Å². The fourth-order valence-electron chi connectivity index (χ4n) is 3.38. The minimum absolute atomic E-state index is 0.102. The Labute approximate surface area is 161 Å². The molecule has 1 aliphatic heterocycles. The van der Waals surface area contributed by atoms with Crippen molar-refractivity contribution in [2.45, 2.75) is 12.5 Å². The van der Waals surface area contributed by atoms with Crippen LogP contribution in [0.1, 0.15) is 12.5 Å². The summed E-state index contributed by atoms with van der Waals surface area (Å²) in [6.07, 6.45) is 0. The van der Waals surface area contributed by atoms with E-state index in [2.05, 4.69) is 5.32 Å². The second kappa shape index (κ2) is 6.96. The van der Waals surface area contributed by atoms with Crippen molar-refractivity contribution in [3.8, 4) is 5.75 Å². The number of hydrogen-bond donors (Lipinski definition) is 1. The number of nitrogens with zero attached hydrogens (tertiary/aromatic N) is 1. The minimum Gasteiger partial charge on any atom is -0.492 e. The Morgan fingerprint density at radius 3 is 2.46 bits per heavy atom. The number of amides is 3. The highest BCUT2D eigenvalue weighted by Crippen LogP contribution is 2.31. The predicted molar refractivity (Wildman–Crippen MR) is 103 cm³/mol. The SMILES string of the molecule is CC1(c2ccc3ccccc3c2)NC(=O)N(CCOc2ccc(F)cc2)C1=O. The topological polar surface area (TPSA) is 58.6 Å². The first-order chi connectivity index (χ1) is 13.5. The predicted octanol–water partition coefficient (Wildman–Crippen LogP) is 3.82. The molecule has 1 aliphatic rings. The molecule has 1 saturated heterocycles. The third-order valence-corrected chi connectivity index (χ3v) is 5.00. The maximum absolute atomic E-state index is 13.0. The molecule has 1 atom stereocenters. The standard InChI is InChI=1S/C22H19FN2O3/c1-22(17-7-6-15-4-2-3-5-16(15)14-17)20(26)25(21(27)24-22)12-13-28-19-10-8-18(23)9-11-19/h2-11,14H,12-13H2,1H3,(H,24,27). The number of benzene rings is 3. The molecule has 3 aromatic rings. The van der Waals surface area contributed by atoms with Crippen LogP contribution in [0, 0.1) is 5.82 Å². The highest BCUT2D eigenvalue weighted by atomic mass is 19.1. The number of halogens is 1. The number of hydrogen-bond acceptors (Lipinski definition) is 3. The third kappa shape index (κ3) is 3.17. The van der Waals surface area contributed by atoms with Crippen molar-refractivity contribution >= 4 is 22.7 Å². The van der Waals surface area contributed by atoms with Crippen molar-refractivity contribution in [2.75, 3.05) is 13.2 Å². The van der Waals surface area contributed by atoms with Gasteiger partial charge in [-0.2, -0.15) is 0 Å². The normalized spacial score (nSPS) is 19.1. The zero-order valence-corrected chi connectivity index (χ0v) is 15.3. The number of rotatable bonds is 5. The molecule has 4 rings (SSSR count). The van der Waals surface area contributed by atoms with E-state index in [1.807, 2.05) is 42.5 Å². The molecular formula is C22H19FN2O3. The van der Waals surface area contributed by atoms with E-state index in [4.69, 9.17) is 4.74 Å². The van der Waals surface area contributed by atoms with Crippen LogP contribution >= 0.6 is 0 Å². The van der Waals surface area contributed by atoms with Gasteiger partial charge in [-0.3, -0.25) is 9.69 Å². The maximum Gasteiger partial charge on any atom is 0.325 e. The molecule has 0 saturated carbocycles. The average Bonchev–Trinajstić information content (AvgIpc) is 2.93.